The minimum Gasteiger partial charge on any atom is -0.166 e. The van der Waals surface area contributed by atoms with Crippen molar-refractivity contribution in [2.24, 2.45) is 0 Å². The van der Waals surface area contributed by atoms with Gasteiger partial charge in [-0.3, -0.25) is 0 Å². The topological polar surface area (TPSA) is 0 Å². The van der Waals surface area contributed by atoms with Gasteiger partial charge in [-0.05, 0) is 55.2 Å². The maximum Gasteiger partial charge on any atom is 0.416 e. The first-order chi connectivity index (χ1) is 10.5. The third kappa shape index (κ3) is 4.27. The Kier molecular flexibility index (Phi) is 4.46. The van der Waals surface area contributed by atoms with E-state index in [-0.39, 0.29) is 18.1 Å². The molecular weight excluding hydrogens is 318 g/mol. The monoisotopic (exact) mass is 332 g/mol. The van der Waals surface area contributed by atoms with Gasteiger partial charge in [-0.2, -0.15) is 26.3 Å². The average Bonchev–Trinajstić information content (AvgIpc) is 2.40. The van der Waals surface area contributed by atoms with Crippen LogP contribution in [0.3, 0.4) is 0 Å². The second-order valence-corrected chi connectivity index (χ2v) is 5.52. The van der Waals surface area contributed by atoms with Crippen LogP contribution in [-0.4, -0.2) is 0 Å². The van der Waals surface area contributed by atoms with Gasteiger partial charge in [-0.25, -0.2) is 0 Å². The quantitative estimate of drug-likeness (QED) is 0.598. The van der Waals surface area contributed by atoms with Gasteiger partial charge in [-0.1, -0.05) is 23.8 Å². The Balaban J connectivity index is 2.49. The molecule has 0 heterocycles. The Hall–Kier alpha value is -1.98. The van der Waals surface area contributed by atoms with E-state index in [2.05, 4.69) is 0 Å². The van der Waals surface area contributed by atoms with E-state index in [1.165, 1.54) is 0 Å². The summed E-state index contributed by atoms with van der Waals surface area (Å²) in [4.78, 5) is 0. The fraction of sp³-hybridized carbons (Fsp3) is 0.294. The molecule has 0 bridgehead atoms. The van der Waals surface area contributed by atoms with Crippen LogP contribution >= 0.6 is 0 Å². The number of rotatable bonds is 2. The molecule has 0 nitrogen and oxygen atoms in total. The molecular formula is C17H14F6. The van der Waals surface area contributed by atoms with Gasteiger partial charge < -0.3 is 0 Å². The first-order valence-corrected chi connectivity index (χ1v) is 6.81. The summed E-state index contributed by atoms with van der Waals surface area (Å²) in [5.74, 6) is 0. The molecule has 0 spiro atoms. The molecule has 0 aromatic heterocycles. The normalized spacial score (nSPS) is 12.5. The zero-order valence-electron chi connectivity index (χ0n) is 12.4. The fourth-order valence-electron chi connectivity index (χ4n) is 2.39. The number of aryl methyl sites for hydroxylation is 2. The second-order valence-electron chi connectivity index (χ2n) is 5.52. The zero-order valence-corrected chi connectivity index (χ0v) is 12.4. The predicted octanol–water partition coefficient (Wildman–Crippen LogP) is 5.93. The van der Waals surface area contributed by atoms with E-state index in [1.54, 1.807) is 19.1 Å². The van der Waals surface area contributed by atoms with Crippen LogP contribution in [0.25, 0.3) is 0 Å². The summed E-state index contributed by atoms with van der Waals surface area (Å²) in [5, 5.41) is 0. The van der Waals surface area contributed by atoms with Gasteiger partial charge in [-0.15, -0.1) is 0 Å². The van der Waals surface area contributed by atoms with Crippen molar-refractivity contribution in [1.29, 1.82) is 0 Å². The molecule has 0 fully saturated rings. The van der Waals surface area contributed by atoms with Crippen LogP contribution in [0.2, 0.25) is 0 Å². The summed E-state index contributed by atoms with van der Waals surface area (Å²) in [7, 11) is 0. The molecule has 6 heteroatoms. The number of hydrogen-bond acceptors (Lipinski definition) is 0. The van der Waals surface area contributed by atoms with Crippen molar-refractivity contribution < 1.29 is 26.3 Å². The third-order valence-corrected chi connectivity index (χ3v) is 3.54. The van der Waals surface area contributed by atoms with Crippen molar-refractivity contribution in [1.82, 2.24) is 0 Å². The molecule has 0 saturated carbocycles. The predicted molar refractivity (Wildman–Crippen MR) is 75.2 cm³/mol. The summed E-state index contributed by atoms with van der Waals surface area (Å²) in [6, 6.07) is 7.03. The molecule has 0 aliphatic rings. The van der Waals surface area contributed by atoms with Crippen LogP contribution in [0.1, 0.15) is 33.4 Å². The average molecular weight is 332 g/mol. The van der Waals surface area contributed by atoms with Gasteiger partial charge in [0.2, 0.25) is 0 Å². The molecule has 2 rings (SSSR count). The molecule has 0 radical (unpaired) electrons. The molecule has 0 aliphatic heterocycles. The van der Waals surface area contributed by atoms with E-state index in [9.17, 15) is 26.3 Å². The minimum atomic E-state index is -4.82. The maximum atomic E-state index is 12.8. The molecule has 0 amide bonds. The largest absolute Gasteiger partial charge is 0.416 e. The van der Waals surface area contributed by atoms with Crippen LogP contribution in [-0.2, 0) is 18.8 Å². The van der Waals surface area contributed by atoms with Gasteiger partial charge in [0.15, 0.2) is 0 Å². The summed E-state index contributed by atoms with van der Waals surface area (Å²) in [6.07, 6.45) is -9.63. The molecule has 124 valence electrons. The Labute approximate surface area is 129 Å². The molecule has 2 aromatic rings. The molecule has 23 heavy (non-hydrogen) atoms. The third-order valence-electron chi connectivity index (χ3n) is 3.54. The van der Waals surface area contributed by atoms with Crippen LogP contribution in [0.5, 0.6) is 0 Å². The number of benzene rings is 2. The van der Waals surface area contributed by atoms with Gasteiger partial charge >= 0.3 is 12.4 Å². The number of hydrogen-bond donors (Lipinski definition) is 0. The Morgan fingerprint density at radius 3 is 1.70 bits per heavy atom. The first kappa shape index (κ1) is 17.4. The van der Waals surface area contributed by atoms with Crippen molar-refractivity contribution >= 4 is 0 Å². The summed E-state index contributed by atoms with van der Waals surface area (Å²) < 4.78 is 77.0. The van der Waals surface area contributed by atoms with Gasteiger partial charge in [0, 0.05) is 0 Å². The Bertz CT molecular complexity index is 678. The van der Waals surface area contributed by atoms with E-state index in [0.29, 0.717) is 5.56 Å². The lowest BCUT2D eigenvalue weighted by atomic mass is 9.96. The highest BCUT2D eigenvalue weighted by molar-refractivity contribution is 5.39. The van der Waals surface area contributed by atoms with Crippen LogP contribution < -0.4 is 0 Å². The van der Waals surface area contributed by atoms with E-state index < -0.39 is 23.5 Å². The smallest absolute Gasteiger partial charge is 0.166 e. The minimum absolute atomic E-state index is 0.0130. The molecule has 0 saturated heterocycles. The fourth-order valence-corrected chi connectivity index (χ4v) is 2.39. The van der Waals surface area contributed by atoms with Gasteiger partial charge in [0.05, 0.1) is 11.1 Å². The highest BCUT2D eigenvalue weighted by Gasteiger charge is 2.36. The van der Waals surface area contributed by atoms with Crippen LogP contribution in [0.15, 0.2) is 36.4 Å². The molecule has 0 N–H and O–H groups in total. The van der Waals surface area contributed by atoms with Crippen molar-refractivity contribution in [2.75, 3.05) is 0 Å². The second kappa shape index (κ2) is 5.91. The lowest BCUT2D eigenvalue weighted by molar-refractivity contribution is -0.143. The van der Waals surface area contributed by atoms with Crippen LogP contribution in [0.4, 0.5) is 26.3 Å². The van der Waals surface area contributed by atoms with Crippen molar-refractivity contribution in [3.63, 3.8) is 0 Å². The van der Waals surface area contributed by atoms with E-state index >= 15 is 0 Å². The standard InChI is InChI=1S/C17H14F6/c1-10-3-4-13(11(2)5-10)6-12-7-14(16(18,19)20)9-15(8-12)17(21,22)23/h3-5,7-9H,6H2,1-2H3. The van der Waals surface area contributed by atoms with E-state index in [4.69, 9.17) is 0 Å². The van der Waals surface area contributed by atoms with Crippen molar-refractivity contribution in [2.45, 2.75) is 32.6 Å². The highest BCUT2D eigenvalue weighted by atomic mass is 19.4. The van der Waals surface area contributed by atoms with Gasteiger partial charge in [0.25, 0.3) is 0 Å². The van der Waals surface area contributed by atoms with E-state index in [0.717, 1.165) is 23.3 Å². The maximum absolute atomic E-state index is 12.8. The summed E-state index contributed by atoms with van der Waals surface area (Å²) >= 11 is 0. The number of halogens is 6. The Morgan fingerprint density at radius 1 is 0.739 bits per heavy atom. The molecule has 0 unspecified atom stereocenters. The lowest BCUT2D eigenvalue weighted by Crippen LogP contribution is -2.12. The van der Waals surface area contributed by atoms with Crippen molar-refractivity contribution in [3.8, 4) is 0 Å². The Morgan fingerprint density at radius 2 is 1.26 bits per heavy atom. The van der Waals surface area contributed by atoms with E-state index in [1.807, 2.05) is 13.0 Å². The van der Waals surface area contributed by atoms with Gasteiger partial charge in [0.1, 0.15) is 0 Å². The van der Waals surface area contributed by atoms with Crippen molar-refractivity contribution in [3.05, 3.63) is 69.8 Å². The first-order valence-electron chi connectivity index (χ1n) is 6.81. The molecule has 0 atom stereocenters. The lowest BCUT2D eigenvalue weighted by Gasteiger charge is -2.15. The zero-order chi connectivity index (χ0) is 17.4. The highest BCUT2D eigenvalue weighted by Crippen LogP contribution is 2.36. The summed E-state index contributed by atoms with van der Waals surface area (Å²) in [6.45, 7) is 3.64. The molecule has 0 aliphatic carbocycles. The van der Waals surface area contributed by atoms with Crippen LogP contribution in [0, 0.1) is 13.8 Å². The summed E-state index contributed by atoms with van der Waals surface area (Å²) in [5.41, 5.74) is -0.0800. The molecule has 2 aromatic carbocycles. The number of alkyl halides is 6. The SMILES string of the molecule is Cc1ccc(Cc2cc(C(F)(F)F)cc(C(F)(F)F)c2)c(C)c1.